The first kappa shape index (κ1) is 13.6. The number of hydrogen-bond acceptors (Lipinski definition) is 2. The summed E-state index contributed by atoms with van der Waals surface area (Å²) in [5.74, 6) is 1.40. The summed E-state index contributed by atoms with van der Waals surface area (Å²) in [5, 5.41) is 0. The molecule has 0 amide bonds. The van der Waals surface area contributed by atoms with Gasteiger partial charge in [0.25, 0.3) is 0 Å². The standard InChI is InChI=1S/C16H26N2/c1-3-14-9-10-18(12-14)16(11-17)13(2)15-7-5-4-6-8-15/h4-8,13-14,16H,3,9-12,17H2,1-2H3. The molecule has 2 heteroatoms. The van der Waals surface area contributed by atoms with E-state index in [0.29, 0.717) is 12.0 Å². The van der Waals surface area contributed by atoms with E-state index in [1.807, 2.05) is 0 Å². The maximum atomic E-state index is 6.04. The Morgan fingerprint density at radius 1 is 1.33 bits per heavy atom. The Labute approximate surface area is 111 Å². The van der Waals surface area contributed by atoms with Crippen molar-refractivity contribution in [1.82, 2.24) is 4.90 Å². The summed E-state index contributed by atoms with van der Waals surface area (Å²) in [6, 6.07) is 11.3. The first-order valence-electron chi connectivity index (χ1n) is 7.25. The lowest BCUT2D eigenvalue weighted by Gasteiger charge is -2.32. The van der Waals surface area contributed by atoms with Gasteiger partial charge in [0.05, 0.1) is 0 Å². The lowest BCUT2D eigenvalue weighted by molar-refractivity contribution is 0.212. The van der Waals surface area contributed by atoms with Gasteiger partial charge in [-0.25, -0.2) is 0 Å². The van der Waals surface area contributed by atoms with Crippen molar-refractivity contribution in [2.24, 2.45) is 11.7 Å². The van der Waals surface area contributed by atoms with Crippen LogP contribution in [0.15, 0.2) is 30.3 Å². The average Bonchev–Trinajstić information content (AvgIpc) is 2.89. The zero-order valence-corrected chi connectivity index (χ0v) is 11.7. The van der Waals surface area contributed by atoms with Crippen LogP contribution < -0.4 is 5.73 Å². The molecule has 1 heterocycles. The van der Waals surface area contributed by atoms with Crippen LogP contribution in [-0.4, -0.2) is 30.6 Å². The highest BCUT2D eigenvalue weighted by molar-refractivity contribution is 5.20. The summed E-state index contributed by atoms with van der Waals surface area (Å²) < 4.78 is 0. The van der Waals surface area contributed by atoms with Gasteiger partial charge in [-0.3, -0.25) is 4.90 Å². The molecule has 1 saturated heterocycles. The van der Waals surface area contributed by atoms with Gasteiger partial charge in [0.15, 0.2) is 0 Å². The first-order chi connectivity index (χ1) is 8.76. The number of benzene rings is 1. The molecule has 0 saturated carbocycles. The highest BCUT2D eigenvalue weighted by Crippen LogP contribution is 2.28. The Balaban J connectivity index is 2.05. The minimum absolute atomic E-state index is 0.490. The number of nitrogens with zero attached hydrogens (tertiary/aromatic N) is 1. The molecule has 0 bridgehead atoms. The van der Waals surface area contributed by atoms with Crippen molar-refractivity contribution >= 4 is 0 Å². The minimum Gasteiger partial charge on any atom is -0.329 e. The predicted molar refractivity (Wildman–Crippen MR) is 77.7 cm³/mol. The van der Waals surface area contributed by atoms with Gasteiger partial charge in [-0.05, 0) is 30.4 Å². The predicted octanol–water partition coefficient (Wildman–Crippen LogP) is 2.85. The quantitative estimate of drug-likeness (QED) is 0.865. The second kappa shape index (κ2) is 6.35. The average molecular weight is 246 g/mol. The van der Waals surface area contributed by atoms with Gasteiger partial charge < -0.3 is 5.73 Å². The molecule has 2 rings (SSSR count). The summed E-state index contributed by atoms with van der Waals surface area (Å²) in [5.41, 5.74) is 7.45. The van der Waals surface area contributed by atoms with Crippen molar-refractivity contribution in [2.75, 3.05) is 19.6 Å². The normalized spacial score (nSPS) is 24.1. The largest absolute Gasteiger partial charge is 0.329 e. The Bertz CT molecular complexity index is 349. The zero-order valence-electron chi connectivity index (χ0n) is 11.7. The van der Waals surface area contributed by atoms with E-state index < -0.39 is 0 Å². The number of nitrogens with two attached hydrogens (primary N) is 1. The Morgan fingerprint density at radius 2 is 2.06 bits per heavy atom. The van der Waals surface area contributed by atoms with Gasteiger partial charge in [-0.2, -0.15) is 0 Å². The van der Waals surface area contributed by atoms with Gasteiger partial charge in [-0.1, -0.05) is 50.6 Å². The van der Waals surface area contributed by atoms with Crippen molar-refractivity contribution in [3.63, 3.8) is 0 Å². The molecule has 100 valence electrons. The molecular formula is C16H26N2. The van der Waals surface area contributed by atoms with Crippen LogP contribution in [0.4, 0.5) is 0 Å². The molecule has 0 aliphatic carbocycles. The van der Waals surface area contributed by atoms with E-state index in [4.69, 9.17) is 5.73 Å². The fourth-order valence-electron chi connectivity index (χ4n) is 3.15. The molecule has 0 radical (unpaired) electrons. The van der Waals surface area contributed by atoms with E-state index >= 15 is 0 Å². The summed E-state index contributed by atoms with van der Waals surface area (Å²) in [6.45, 7) is 7.82. The van der Waals surface area contributed by atoms with Crippen molar-refractivity contribution in [2.45, 2.75) is 38.6 Å². The van der Waals surface area contributed by atoms with Crippen molar-refractivity contribution in [3.8, 4) is 0 Å². The highest BCUT2D eigenvalue weighted by Gasteiger charge is 2.30. The molecule has 1 aromatic rings. The lowest BCUT2D eigenvalue weighted by atomic mass is 9.92. The lowest BCUT2D eigenvalue weighted by Crippen LogP contribution is -2.42. The van der Waals surface area contributed by atoms with Crippen LogP contribution in [0.5, 0.6) is 0 Å². The van der Waals surface area contributed by atoms with Crippen LogP contribution >= 0.6 is 0 Å². The smallest absolute Gasteiger partial charge is 0.0284 e. The zero-order chi connectivity index (χ0) is 13.0. The topological polar surface area (TPSA) is 29.3 Å². The van der Waals surface area contributed by atoms with E-state index in [0.717, 1.165) is 12.5 Å². The summed E-state index contributed by atoms with van der Waals surface area (Å²) >= 11 is 0. The molecule has 3 unspecified atom stereocenters. The third-order valence-electron chi connectivity index (χ3n) is 4.51. The maximum Gasteiger partial charge on any atom is 0.0284 e. The van der Waals surface area contributed by atoms with Crippen LogP contribution in [0.1, 0.15) is 38.2 Å². The first-order valence-corrected chi connectivity index (χ1v) is 7.25. The van der Waals surface area contributed by atoms with E-state index in [9.17, 15) is 0 Å². The van der Waals surface area contributed by atoms with E-state index in [-0.39, 0.29) is 0 Å². The van der Waals surface area contributed by atoms with Gasteiger partial charge in [0, 0.05) is 19.1 Å². The van der Waals surface area contributed by atoms with Gasteiger partial charge in [0.2, 0.25) is 0 Å². The van der Waals surface area contributed by atoms with Crippen molar-refractivity contribution < 1.29 is 0 Å². The van der Waals surface area contributed by atoms with E-state index in [1.54, 1.807) is 0 Å². The molecule has 3 atom stereocenters. The molecule has 1 fully saturated rings. The Hall–Kier alpha value is -0.860. The molecule has 1 aliphatic rings. The second-order valence-corrected chi connectivity index (χ2v) is 5.56. The SMILES string of the molecule is CCC1CCN(C(CN)C(C)c2ccccc2)C1. The molecular weight excluding hydrogens is 220 g/mol. The molecule has 0 spiro atoms. The molecule has 1 aliphatic heterocycles. The third kappa shape index (κ3) is 2.93. The van der Waals surface area contributed by atoms with Crippen LogP contribution in [0.25, 0.3) is 0 Å². The minimum atomic E-state index is 0.490. The number of rotatable bonds is 5. The monoisotopic (exact) mass is 246 g/mol. The number of likely N-dealkylation sites (tertiary alicyclic amines) is 1. The van der Waals surface area contributed by atoms with Gasteiger partial charge in [0.1, 0.15) is 0 Å². The van der Waals surface area contributed by atoms with Gasteiger partial charge >= 0.3 is 0 Å². The second-order valence-electron chi connectivity index (χ2n) is 5.56. The highest BCUT2D eigenvalue weighted by atomic mass is 15.2. The Morgan fingerprint density at radius 3 is 2.61 bits per heavy atom. The van der Waals surface area contributed by atoms with E-state index in [1.165, 1.54) is 31.5 Å². The van der Waals surface area contributed by atoms with Crippen LogP contribution in [0.2, 0.25) is 0 Å². The van der Waals surface area contributed by atoms with Gasteiger partial charge in [-0.15, -0.1) is 0 Å². The summed E-state index contributed by atoms with van der Waals surface area (Å²) in [4.78, 5) is 2.60. The third-order valence-corrected chi connectivity index (χ3v) is 4.51. The number of hydrogen-bond donors (Lipinski definition) is 1. The van der Waals surface area contributed by atoms with E-state index in [2.05, 4.69) is 49.1 Å². The van der Waals surface area contributed by atoms with Crippen molar-refractivity contribution in [1.29, 1.82) is 0 Å². The fraction of sp³-hybridized carbons (Fsp3) is 0.625. The summed E-state index contributed by atoms with van der Waals surface area (Å²) in [6.07, 6.45) is 2.64. The molecule has 2 N–H and O–H groups in total. The van der Waals surface area contributed by atoms with Crippen LogP contribution in [0, 0.1) is 5.92 Å². The molecule has 18 heavy (non-hydrogen) atoms. The fourth-order valence-corrected chi connectivity index (χ4v) is 3.15. The Kier molecular flexibility index (Phi) is 4.79. The molecule has 0 aromatic heterocycles. The summed E-state index contributed by atoms with van der Waals surface area (Å²) in [7, 11) is 0. The molecule has 1 aromatic carbocycles. The maximum absolute atomic E-state index is 6.04. The van der Waals surface area contributed by atoms with Crippen LogP contribution in [-0.2, 0) is 0 Å². The van der Waals surface area contributed by atoms with Crippen molar-refractivity contribution in [3.05, 3.63) is 35.9 Å². The molecule has 2 nitrogen and oxygen atoms in total. The van der Waals surface area contributed by atoms with Crippen LogP contribution in [0.3, 0.4) is 0 Å².